The van der Waals surface area contributed by atoms with E-state index < -0.39 is 6.29 Å². The third kappa shape index (κ3) is 9.16. The van der Waals surface area contributed by atoms with E-state index in [0.717, 1.165) is 84.0 Å². The van der Waals surface area contributed by atoms with E-state index in [2.05, 4.69) is 60.7 Å². The molecule has 0 unspecified atom stereocenters. The molecule has 2 fully saturated rings. The van der Waals surface area contributed by atoms with E-state index in [1.165, 1.54) is 0 Å². The summed E-state index contributed by atoms with van der Waals surface area (Å²) in [5.74, 6) is 0.775. The second-order valence-electron chi connectivity index (χ2n) is 13.0. The Labute approximate surface area is 299 Å². The Morgan fingerprint density at radius 2 is 1.39 bits per heavy atom. The minimum Gasteiger partial charge on any atom is -0.392 e. The average molecular weight is 685 g/mol. The number of aliphatic hydroxyl groups is 1. The molecule has 7 rings (SSSR count). The maximum absolute atomic E-state index is 12.5. The van der Waals surface area contributed by atoms with Crippen LogP contribution in [0.2, 0.25) is 0 Å². The lowest BCUT2D eigenvalue weighted by molar-refractivity contribution is -0.253. The molecule has 3 N–H and O–H groups in total. The van der Waals surface area contributed by atoms with Crippen LogP contribution in [-0.4, -0.2) is 64.8 Å². The van der Waals surface area contributed by atoms with Gasteiger partial charge in [-0.15, -0.1) is 0 Å². The van der Waals surface area contributed by atoms with Crippen molar-refractivity contribution in [3.8, 4) is 11.1 Å². The molecule has 51 heavy (non-hydrogen) atoms. The Kier molecular flexibility index (Phi) is 11.3. The van der Waals surface area contributed by atoms with Crippen molar-refractivity contribution in [2.24, 2.45) is 0 Å². The highest BCUT2D eigenvalue weighted by molar-refractivity contribution is 5.74. The predicted octanol–water partition coefficient (Wildman–Crippen LogP) is 6.00. The Balaban J connectivity index is 1.03. The van der Waals surface area contributed by atoms with E-state index >= 15 is 0 Å². The first-order chi connectivity index (χ1) is 25.1. The molecule has 4 aromatic carbocycles. The highest BCUT2D eigenvalue weighted by atomic mass is 16.7. The number of urea groups is 1. The van der Waals surface area contributed by atoms with Crippen LogP contribution in [0.3, 0.4) is 0 Å². The molecule has 2 aliphatic heterocycles. The van der Waals surface area contributed by atoms with Gasteiger partial charge in [0.1, 0.15) is 0 Å². The van der Waals surface area contributed by atoms with Crippen LogP contribution in [0.15, 0.2) is 122 Å². The second kappa shape index (κ2) is 16.7. The topological polar surface area (TPSA) is 112 Å². The summed E-state index contributed by atoms with van der Waals surface area (Å²) in [6.45, 7) is 5.20. The Bertz CT molecular complexity index is 1850. The van der Waals surface area contributed by atoms with Gasteiger partial charge in [-0.3, -0.25) is 4.90 Å². The molecule has 2 saturated heterocycles. The number of aliphatic hydroxyl groups excluding tert-OH is 1. The first-order valence-corrected chi connectivity index (χ1v) is 17.6. The molecule has 0 saturated carbocycles. The van der Waals surface area contributed by atoms with Gasteiger partial charge in [0.05, 0.1) is 18.8 Å². The number of aromatic nitrogens is 2. The molecular weight excluding hydrogens is 640 g/mol. The van der Waals surface area contributed by atoms with Gasteiger partial charge in [-0.2, -0.15) is 0 Å². The quantitative estimate of drug-likeness (QED) is 0.155. The van der Waals surface area contributed by atoms with Crippen LogP contribution in [0.5, 0.6) is 0 Å². The van der Waals surface area contributed by atoms with E-state index in [1.54, 1.807) is 12.4 Å². The average Bonchev–Trinajstić information content (AvgIpc) is 3.20. The number of anilines is 1. The van der Waals surface area contributed by atoms with Gasteiger partial charge in [-0.25, -0.2) is 14.8 Å². The molecule has 0 radical (unpaired) electrons. The number of benzene rings is 4. The van der Waals surface area contributed by atoms with Gasteiger partial charge in [0.2, 0.25) is 5.95 Å². The summed E-state index contributed by atoms with van der Waals surface area (Å²) in [5, 5.41) is 15.5. The van der Waals surface area contributed by atoms with Crippen LogP contribution in [0.1, 0.15) is 46.6 Å². The molecule has 0 aliphatic carbocycles. The maximum Gasteiger partial charge on any atom is 0.315 e. The van der Waals surface area contributed by atoms with Crippen molar-refractivity contribution in [1.29, 1.82) is 0 Å². The molecule has 2 amide bonds. The summed E-state index contributed by atoms with van der Waals surface area (Å²) < 4.78 is 13.4. The predicted molar refractivity (Wildman–Crippen MR) is 197 cm³/mol. The number of hydrogen-bond acceptors (Lipinski definition) is 8. The number of amides is 2. The SMILES string of the molecule is O=C(NCc1ccccc1)NCc1cccc(-c2cccc([C@@H]3O[C@H](CN4CCN(c5ncccn5)CC4)C[C@H](c4ccc(CO)cc4)O3)c2)c1. The van der Waals surface area contributed by atoms with Crippen LogP contribution in [0.25, 0.3) is 11.1 Å². The van der Waals surface area contributed by atoms with E-state index in [0.29, 0.717) is 13.1 Å². The largest absolute Gasteiger partial charge is 0.392 e. The number of piperazine rings is 1. The number of nitrogens with one attached hydrogen (secondary N) is 2. The molecule has 3 heterocycles. The van der Waals surface area contributed by atoms with Crippen molar-refractivity contribution in [3.05, 3.63) is 149 Å². The molecule has 0 bridgehead atoms. The first-order valence-electron chi connectivity index (χ1n) is 17.6. The summed E-state index contributed by atoms with van der Waals surface area (Å²) in [4.78, 5) is 26.0. The maximum atomic E-state index is 12.5. The molecule has 10 nitrogen and oxygen atoms in total. The Morgan fingerprint density at radius 3 is 2.14 bits per heavy atom. The van der Waals surface area contributed by atoms with Gasteiger partial charge in [-0.05, 0) is 51.6 Å². The summed E-state index contributed by atoms with van der Waals surface area (Å²) in [6, 6.07) is 36.0. The zero-order valence-corrected chi connectivity index (χ0v) is 28.6. The van der Waals surface area contributed by atoms with Gasteiger partial charge in [0.25, 0.3) is 0 Å². The number of ether oxygens (including phenoxy) is 2. The van der Waals surface area contributed by atoms with Crippen LogP contribution in [-0.2, 0) is 29.2 Å². The molecule has 10 heteroatoms. The molecule has 5 aromatic rings. The lowest BCUT2D eigenvalue weighted by Gasteiger charge is -2.40. The first kappa shape index (κ1) is 34.3. The van der Waals surface area contributed by atoms with Crippen molar-refractivity contribution >= 4 is 12.0 Å². The second-order valence-corrected chi connectivity index (χ2v) is 13.0. The van der Waals surface area contributed by atoms with Gasteiger partial charge in [0.15, 0.2) is 6.29 Å². The van der Waals surface area contributed by atoms with Gasteiger partial charge >= 0.3 is 6.03 Å². The highest BCUT2D eigenvalue weighted by Gasteiger charge is 2.34. The number of hydrogen-bond donors (Lipinski definition) is 3. The summed E-state index contributed by atoms with van der Waals surface area (Å²) >= 11 is 0. The van der Waals surface area contributed by atoms with Crippen molar-refractivity contribution in [2.75, 3.05) is 37.6 Å². The Morgan fingerprint density at radius 1 is 0.706 bits per heavy atom. The lowest BCUT2D eigenvalue weighted by Crippen LogP contribution is -2.50. The number of carbonyl (C=O) groups excluding carboxylic acids is 1. The fraction of sp³-hybridized carbons (Fsp3) is 0.293. The van der Waals surface area contributed by atoms with Crippen molar-refractivity contribution in [3.63, 3.8) is 0 Å². The normalized spacial score (nSPS) is 19.4. The van der Waals surface area contributed by atoms with E-state index in [-0.39, 0.29) is 24.8 Å². The van der Waals surface area contributed by atoms with Crippen molar-refractivity contribution < 1.29 is 19.4 Å². The third-order valence-electron chi connectivity index (χ3n) is 9.45. The zero-order valence-electron chi connectivity index (χ0n) is 28.6. The molecule has 3 atom stereocenters. The van der Waals surface area contributed by atoms with E-state index in [9.17, 15) is 9.90 Å². The van der Waals surface area contributed by atoms with Gasteiger partial charge in [-0.1, -0.05) is 91.0 Å². The summed E-state index contributed by atoms with van der Waals surface area (Å²) in [7, 11) is 0. The minimum atomic E-state index is -0.552. The lowest BCUT2D eigenvalue weighted by atomic mass is 9.98. The monoisotopic (exact) mass is 684 g/mol. The fourth-order valence-electron chi connectivity index (χ4n) is 6.65. The van der Waals surface area contributed by atoms with Crippen molar-refractivity contribution in [2.45, 2.75) is 44.6 Å². The van der Waals surface area contributed by atoms with E-state index in [1.807, 2.05) is 78.9 Å². The number of carbonyl (C=O) groups is 1. The standard InChI is InChI=1S/C41H44N6O4/c48-29-31-13-15-33(16-14-31)38-25-37(28-46-19-21-47(22-20-46)40-42-17-6-18-43-40)50-39(51-38)36-12-5-11-35(24-36)34-10-4-9-32(23-34)27-45-41(49)44-26-30-7-2-1-3-8-30/h1-18,23-24,37-39,48H,19-22,25-29H2,(H2,44,45,49)/t37-,38+,39+/m0/s1. The minimum absolute atomic E-state index is 0.00563. The van der Waals surface area contributed by atoms with Crippen molar-refractivity contribution in [1.82, 2.24) is 25.5 Å². The molecule has 0 spiro atoms. The smallest absolute Gasteiger partial charge is 0.315 e. The third-order valence-corrected chi connectivity index (χ3v) is 9.45. The summed E-state index contributed by atoms with van der Waals surface area (Å²) in [6.07, 6.45) is 3.54. The molecule has 1 aromatic heterocycles. The number of nitrogens with zero attached hydrogens (tertiary/aromatic N) is 4. The van der Waals surface area contributed by atoms with E-state index in [4.69, 9.17) is 9.47 Å². The summed E-state index contributed by atoms with van der Waals surface area (Å²) in [5.41, 5.74) is 7.03. The van der Waals surface area contributed by atoms with Gasteiger partial charge < -0.3 is 30.1 Å². The van der Waals surface area contributed by atoms with Crippen LogP contribution < -0.4 is 15.5 Å². The fourth-order valence-corrected chi connectivity index (χ4v) is 6.65. The molecule has 2 aliphatic rings. The van der Waals surface area contributed by atoms with Crippen LogP contribution in [0.4, 0.5) is 10.7 Å². The van der Waals surface area contributed by atoms with Crippen LogP contribution >= 0.6 is 0 Å². The number of rotatable bonds is 11. The highest BCUT2D eigenvalue weighted by Crippen LogP contribution is 2.39. The molecule has 262 valence electrons. The van der Waals surface area contributed by atoms with Gasteiger partial charge in [0, 0.05) is 70.2 Å². The Hall–Kier alpha value is -5.13. The molecular formula is C41H44N6O4. The zero-order chi connectivity index (χ0) is 34.8. The van der Waals surface area contributed by atoms with Crippen LogP contribution in [0, 0.1) is 0 Å².